The summed E-state index contributed by atoms with van der Waals surface area (Å²) in [5.41, 5.74) is 8.91. The molecular formula is C30H42N6O3. The number of amides is 2. The standard InChI is InChI=1S/C30H42N6O3/c1-23-21-32-22-35(23)17-8-15-34-30(37)36(25-10-4-3-5-11-25)26-12-13-27(28(20-26)38-2)39-18-7-6-9-24-14-16-33-29(31)19-24/h12-14,16,19-22,25H,3-11,15,17-18H2,1-2H3,(H2,31,33)(H,34,37). The molecule has 1 aliphatic rings. The SMILES string of the molecule is COc1cc(N(C(=O)NCCCn2cncc2C)C2CCCCC2)ccc1OCCCCc1ccnc(N)c1. The number of methoxy groups -OCH3 is 1. The van der Waals surface area contributed by atoms with Crippen molar-refractivity contribution >= 4 is 17.5 Å². The number of rotatable bonds is 13. The fraction of sp³-hybridized carbons (Fsp3) is 0.500. The van der Waals surface area contributed by atoms with Crippen molar-refractivity contribution in [2.24, 2.45) is 0 Å². The van der Waals surface area contributed by atoms with Gasteiger partial charge >= 0.3 is 6.03 Å². The summed E-state index contributed by atoms with van der Waals surface area (Å²) in [5.74, 6) is 1.88. The highest BCUT2D eigenvalue weighted by Crippen LogP contribution is 2.35. The molecule has 39 heavy (non-hydrogen) atoms. The van der Waals surface area contributed by atoms with Gasteiger partial charge in [-0.3, -0.25) is 4.90 Å². The first-order chi connectivity index (χ1) is 19.0. The Labute approximate surface area is 231 Å². The Kier molecular flexibility index (Phi) is 10.4. The van der Waals surface area contributed by atoms with Crippen molar-refractivity contribution in [3.8, 4) is 11.5 Å². The van der Waals surface area contributed by atoms with Gasteiger partial charge < -0.3 is 25.1 Å². The Morgan fingerprint density at radius 1 is 1.13 bits per heavy atom. The summed E-state index contributed by atoms with van der Waals surface area (Å²) in [6.07, 6.45) is 14.6. The highest BCUT2D eigenvalue weighted by Gasteiger charge is 2.27. The number of carbonyl (C=O) groups excluding carboxylic acids is 1. The van der Waals surface area contributed by atoms with Crippen molar-refractivity contribution in [3.05, 3.63) is 60.3 Å². The van der Waals surface area contributed by atoms with Crippen LogP contribution in [-0.4, -0.2) is 46.9 Å². The van der Waals surface area contributed by atoms with Gasteiger partial charge in [0.15, 0.2) is 11.5 Å². The van der Waals surface area contributed by atoms with Gasteiger partial charge in [-0.1, -0.05) is 19.3 Å². The second-order valence-electron chi connectivity index (χ2n) is 10.2. The molecule has 0 saturated heterocycles. The zero-order valence-electron chi connectivity index (χ0n) is 23.3. The van der Waals surface area contributed by atoms with Gasteiger partial charge in [-0.05, 0) is 75.3 Å². The van der Waals surface area contributed by atoms with Crippen LogP contribution in [0.25, 0.3) is 0 Å². The summed E-state index contributed by atoms with van der Waals surface area (Å²) >= 11 is 0. The Balaban J connectivity index is 1.34. The molecule has 2 heterocycles. The number of hydrogen-bond donors (Lipinski definition) is 2. The minimum absolute atomic E-state index is 0.0586. The number of unbranched alkanes of at least 4 members (excludes halogenated alkanes) is 1. The van der Waals surface area contributed by atoms with E-state index in [2.05, 4.69) is 19.9 Å². The van der Waals surface area contributed by atoms with Crippen LogP contribution in [0.2, 0.25) is 0 Å². The van der Waals surface area contributed by atoms with Gasteiger partial charge in [0.05, 0.1) is 20.0 Å². The van der Waals surface area contributed by atoms with E-state index in [1.807, 2.05) is 54.7 Å². The van der Waals surface area contributed by atoms with Crippen LogP contribution in [0, 0.1) is 6.92 Å². The van der Waals surface area contributed by atoms with E-state index in [0.29, 0.717) is 30.5 Å². The van der Waals surface area contributed by atoms with Gasteiger partial charge in [-0.15, -0.1) is 0 Å². The fourth-order valence-electron chi connectivity index (χ4n) is 5.17. The van der Waals surface area contributed by atoms with Crippen LogP contribution < -0.4 is 25.4 Å². The molecule has 210 valence electrons. The second-order valence-corrected chi connectivity index (χ2v) is 10.2. The van der Waals surface area contributed by atoms with Crippen molar-refractivity contribution in [2.75, 3.05) is 30.9 Å². The number of benzene rings is 1. The Morgan fingerprint density at radius 3 is 2.72 bits per heavy atom. The average Bonchev–Trinajstić information content (AvgIpc) is 3.36. The van der Waals surface area contributed by atoms with E-state index < -0.39 is 0 Å². The fourth-order valence-corrected chi connectivity index (χ4v) is 5.17. The van der Waals surface area contributed by atoms with Gasteiger partial charge in [0.2, 0.25) is 0 Å². The van der Waals surface area contributed by atoms with E-state index in [1.165, 1.54) is 12.0 Å². The average molecular weight is 535 g/mol. The van der Waals surface area contributed by atoms with Crippen molar-refractivity contribution in [1.82, 2.24) is 19.9 Å². The number of ether oxygens (including phenoxy) is 2. The maximum Gasteiger partial charge on any atom is 0.322 e. The van der Waals surface area contributed by atoms with Crippen LogP contribution in [0.1, 0.15) is 62.6 Å². The lowest BCUT2D eigenvalue weighted by molar-refractivity contribution is 0.241. The summed E-state index contributed by atoms with van der Waals surface area (Å²) in [7, 11) is 1.64. The third-order valence-electron chi connectivity index (χ3n) is 7.32. The Hall–Kier alpha value is -3.75. The van der Waals surface area contributed by atoms with E-state index in [1.54, 1.807) is 13.3 Å². The molecule has 0 spiro atoms. The van der Waals surface area contributed by atoms with Crippen molar-refractivity contribution in [3.63, 3.8) is 0 Å². The van der Waals surface area contributed by atoms with Gasteiger partial charge in [0.1, 0.15) is 5.82 Å². The number of nitrogens with two attached hydrogens (primary N) is 1. The molecule has 2 aromatic heterocycles. The van der Waals surface area contributed by atoms with Crippen molar-refractivity contribution in [1.29, 1.82) is 0 Å². The first-order valence-corrected chi connectivity index (χ1v) is 14.1. The molecule has 4 rings (SSSR count). The van der Waals surface area contributed by atoms with Crippen LogP contribution in [0.4, 0.5) is 16.3 Å². The second kappa shape index (κ2) is 14.4. The predicted octanol–water partition coefficient (Wildman–Crippen LogP) is 5.52. The molecule has 1 aromatic carbocycles. The van der Waals surface area contributed by atoms with E-state index in [-0.39, 0.29) is 12.1 Å². The molecular weight excluding hydrogens is 492 g/mol. The zero-order chi connectivity index (χ0) is 27.5. The van der Waals surface area contributed by atoms with E-state index in [9.17, 15) is 4.79 Å². The molecule has 0 atom stereocenters. The molecule has 0 aliphatic heterocycles. The normalized spacial score (nSPS) is 13.7. The number of pyridine rings is 1. The van der Waals surface area contributed by atoms with Crippen LogP contribution in [0.5, 0.6) is 11.5 Å². The maximum absolute atomic E-state index is 13.4. The summed E-state index contributed by atoms with van der Waals surface area (Å²) in [5, 5.41) is 3.15. The number of nitrogens with zero attached hydrogens (tertiary/aromatic N) is 4. The van der Waals surface area contributed by atoms with Crippen molar-refractivity contribution < 1.29 is 14.3 Å². The summed E-state index contributed by atoms with van der Waals surface area (Å²) < 4.78 is 13.8. The highest BCUT2D eigenvalue weighted by atomic mass is 16.5. The maximum atomic E-state index is 13.4. The topological polar surface area (TPSA) is 108 Å². The number of anilines is 2. The number of hydrogen-bond acceptors (Lipinski definition) is 6. The summed E-state index contributed by atoms with van der Waals surface area (Å²) in [6, 6.07) is 9.84. The largest absolute Gasteiger partial charge is 0.493 e. The van der Waals surface area contributed by atoms with Crippen LogP contribution in [-0.2, 0) is 13.0 Å². The zero-order valence-corrected chi connectivity index (χ0v) is 23.3. The monoisotopic (exact) mass is 534 g/mol. The van der Waals surface area contributed by atoms with Gasteiger partial charge in [-0.2, -0.15) is 0 Å². The smallest absolute Gasteiger partial charge is 0.322 e. The highest BCUT2D eigenvalue weighted by molar-refractivity contribution is 5.93. The van der Waals surface area contributed by atoms with E-state index in [4.69, 9.17) is 15.2 Å². The number of urea groups is 1. The van der Waals surface area contributed by atoms with E-state index in [0.717, 1.165) is 69.3 Å². The van der Waals surface area contributed by atoms with Gasteiger partial charge in [0, 0.05) is 49.0 Å². The van der Waals surface area contributed by atoms with Crippen molar-refractivity contribution in [2.45, 2.75) is 77.3 Å². The Bertz CT molecular complexity index is 1190. The number of aromatic nitrogens is 3. The number of aryl methyl sites for hydroxylation is 3. The molecule has 1 fully saturated rings. The molecule has 0 bridgehead atoms. The first-order valence-electron chi connectivity index (χ1n) is 14.1. The molecule has 0 unspecified atom stereocenters. The lowest BCUT2D eigenvalue weighted by atomic mass is 9.94. The molecule has 0 radical (unpaired) electrons. The minimum Gasteiger partial charge on any atom is -0.493 e. The molecule has 9 heteroatoms. The number of nitrogen functional groups attached to an aromatic ring is 1. The van der Waals surface area contributed by atoms with Crippen LogP contribution in [0.15, 0.2) is 49.1 Å². The molecule has 3 N–H and O–H groups in total. The molecule has 1 aliphatic carbocycles. The molecule has 9 nitrogen and oxygen atoms in total. The summed E-state index contributed by atoms with van der Waals surface area (Å²) in [4.78, 5) is 23.6. The van der Waals surface area contributed by atoms with Crippen LogP contribution >= 0.6 is 0 Å². The summed E-state index contributed by atoms with van der Waals surface area (Å²) in [6.45, 7) is 4.05. The first kappa shape index (κ1) is 28.3. The third-order valence-corrected chi connectivity index (χ3v) is 7.32. The third kappa shape index (κ3) is 8.12. The number of carbonyl (C=O) groups is 1. The number of imidazole rings is 1. The molecule has 1 saturated carbocycles. The predicted molar refractivity (Wildman–Crippen MR) is 154 cm³/mol. The molecule has 2 amide bonds. The molecule has 3 aromatic rings. The lowest BCUT2D eigenvalue weighted by Crippen LogP contribution is -2.47. The van der Waals surface area contributed by atoms with Gasteiger partial charge in [0.25, 0.3) is 0 Å². The number of nitrogens with one attached hydrogen (secondary N) is 1. The van der Waals surface area contributed by atoms with Crippen LogP contribution in [0.3, 0.4) is 0 Å². The lowest BCUT2D eigenvalue weighted by Gasteiger charge is -2.34. The van der Waals surface area contributed by atoms with E-state index >= 15 is 0 Å². The Morgan fingerprint density at radius 2 is 1.97 bits per heavy atom. The quantitative estimate of drug-likeness (QED) is 0.280. The minimum atomic E-state index is -0.0586. The van der Waals surface area contributed by atoms with Gasteiger partial charge in [-0.25, -0.2) is 14.8 Å².